The summed E-state index contributed by atoms with van der Waals surface area (Å²) in [6.45, 7) is 6.24. The molecule has 0 radical (unpaired) electrons. The van der Waals surface area contributed by atoms with E-state index in [4.69, 9.17) is 0 Å². The van der Waals surface area contributed by atoms with Gasteiger partial charge in [0.15, 0.2) is 0 Å². The maximum atomic E-state index is 12.3. The number of nitrogens with zero attached hydrogens (tertiary/aromatic N) is 1. The van der Waals surface area contributed by atoms with Gasteiger partial charge >= 0.3 is 0 Å². The number of carbonyl (C=O) groups is 2. The van der Waals surface area contributed by atoms with E-state index in [0.29, 0.717) is 18.6 Å². The van der Waals surface area contributed by atoms with Gasteiger partial charge in [-0.15, -0.1) is 0 Å². The molecule has 112 valence electrons. The van der Waals surface area contributed by atoms with Crippen LogP contribution in [0, 0.1) is 5.41 Å². The van der Waals surface area contributed by atoms with Gasteiger partial charge in [0.2, 0.25) is 5.91 Å². The Balaban J connectivity index is 2.17. The predicted molar refractivity (Wildman–Crippen MR) is 81.6 cm³/mol. The summed E-state index contributed by atoms with van der Waals surface area (Å²) < 4.78 is 0. The highest BCUT2D eigenvalue weighted by Gasteiger charge is 2.29. The Hall–Kier alpha value is -2.17. The third-order valence-corrected chi connectivity index (χ3v) is 3.44. The van der Waals surface area contributed by atoms with Gasteiger partial charge in [-0.05, 0) is 11.0 Å². The fourth-order valence-electron chi connectivity index (χ4n) is 2.30. The van der Waals surface area contributed by atoms with Crippen molar-refractivity contribution in [2.45, 2.75) is 39.7 Å². The molecule has 1 aromatic carbocycles. The summed E-state index contributed by atoms with van der Waals surface area (Å²) in [7, 11) is 0. The smallest absolute Gasteiger partial charge is 0.267 e. The Labute approximate surface area is 124 Å². The quantitative estimate of drug-likeness (QED) is 0.894. The lowest BCUT2D eigenvalue weighted by Gasteiger charge is -2.32. The first-order valence-electron chi connectivity index (χ1n) is 7.09. The first-order valence-corrected chi connectivity index (χ1v) is 7.09. The van der Waals surface area contributed by atoms with E-state index in [2.05, 4.69) is 36.6 Å². The van der Waals surface area contributed by atoms with Crippen molar-refractivity contribution in [1.82, 2.24) is 10.7 Å². The summed E-state index contributed by atoms with van der Waals surface area (Å²) in [4.78, 5) is 23.4. The van der Waals surface area contributed by atoms with Gasteiger partial charge in [-0.25, -0.2) is 5.43 Å². The van der Waals surface area contributed by atoms with Gasteiger partial charge in [0.05, 0.1) is 6.04 Å². The highest BCUT2D eigenvalue weighted by atomic mass is 16.2. The van der Waals surface area contributed by atoms with E-state index in [9.17, 15) is 9.59 Å². The number of hydrazone groups is 1. The van der Waals surface area contributed by atoms with Crippen LogP contribution in [-0.4, -0.2) is 17.5 Å². The molecule has 1 heterocycles. The van der Waals surface area contributed by atoms with E-state index in [1.807, 2.05) is 30.3 Å². The molecule has 1 unspecified atom stereocenters. The third-order valence-electron chi connectivity index (χ3n) is 3.44. The van der Waals surface area contributed by atoms with Gasteiger partial charge in [0.1, 0.15) is 5.71 Å². The Morgan fingerprint density at radius 3 is 2.43 bits per heavy atom. The normalized spacial score (nSPS) is 16.7. The molecule has 0 aliphatic carbocycles. The van der Waals surface area contributed by atoms with Crippen molar-refractivity contribution in [2.75, 3.05) is 0 Å². The second-order valence-electron chi connectivity index (χ2n) is 6.28. The number of rotatable bonds is 3. The van der Waals surface area contributed by atoms with Crippen LogP contribution in [0.25, 0.3) is 0 Å². The Morgan fingerprint density at radius 1 is 1.24 bits per heavy atom. The van der Waals surface area contributed by atoms with Crippen molar-refractivity contribution >= 4 is 17.5 Å². The number of nitrogens with one attached hydrogen (secondary N) is 2. The molecule has 2 N–H and O–H groups in total. The summed E-state index contributed by atoms with van der Waals surface area (Å²) >= 11 is 0. The molecule has 1 aliphatic rings. The van der Waals surface area contributed by atoms with Crippen molar-refractivity contribution in [2.24, 2.45) is 10.5 Å². The van der Waals surface area contributed by atoms with Crippen LogP contribution in [-0.2, 0) is 9.59 Å². The second kappa shape index (κ2) is 6.08. The Bertz CT molecular complexity index is 559. The molecule has 0 spiro atoms. The fourth-order valence-corrected chi connectivity index (χ4v) is 2.30. The van der Waals surface area contributed by atoms with Crippen molar-refractivity contribution in [3.63, 3.8) is 0 Å². The van der Waals surface area contributed by atoms with Crippen molar-refractivity contribution < 1.29 is 9.59 Å². The zero-order chi connectivity index (χ0) is 15.5. The average Bonchev–Trinajstić information content (AvgIpc) is 2.45. The summed E-state index contributed by atoms with van der Waals surface area (Å²) in [5.41, 5.74) is 3.65. The molecule has 21 heavy (non-hydrogen) atoms. The lowest BCUT2D eigenvalue weighted by Crippen LogP contribution is -2.42. The zero-order valence-corrected chi connectivity index (χ0v) is 12.6. The zero-order valence-electron chi connectivity index (χ0n) is 12.6. The minimum Gasteiger partial charge on any atom is -0.344 e. The predicted octanol–water partition coefficient (Wildman–Crippen LogP) is 2.16. The van der Waals surface area contributed by atoms with Gasteiger partial charge in [0, 0.05) is 12.8 Å². The molecule has 1 aliphatic heterocycles. The third kappa shape index (κ3) is 3.90. The molecule has 0 saturated carbocycles. The summed E-state index contributed by atoms with van der Waals surface area (Å²) in [5.74, 6) is -0.374. The maximum absolute atomic E-state index is 12.3. The number of hydrogen-bond donors (Lipinski definition) is 2. The lowest BCUT2D eigenvalue weighted by molar-refractivity contribution is -0.121. The highest BCUT2D eigenvalue weighted by Crippen LogP contribution is 2.32. The van der Waals surface area contributed by atoms with E-state index in [1.165, 1.54) is 0 Å². The summed E-state index contributed by atoms with van der Waals surface area (Å²) in [5, 5.41) is 6.88. The average molecular weight is 287 g/mol. The molecule has 2 rings (SSSR count). The molecule has 5 nitrogen and oxygen atoms in total. The van der Waals surface area contributed by atoms with Crippen LogP contribution < -0.4 is 10.7 Å². The van der Waals surface area contributed by atoms with Gasteiger partial charge < -0.3 is 5.32 Å². The molecule has 1 aromatic rings. The van der Waals surface area contributed by atoms with Crippen LogP contribution in [0.2, 0.25) is 0 Å². The molecule has 0 saturated heterocycles. The Morgan fingerprint density at radius 2 is 1.90 bits per heavy atom. The van der Waals surface area contributed by atoms with E-state index in [0.717, 1.165) is 5.56 Å². The maximum Gasteiger partial charge on any atom is 0.267 e. The van der Waals surface area contributed by atoms with Crippen LogP contribution in [0.4, 0.5) is 0 Å². The van der Waals surface area contributed by atoms with Crippen molar-refractivity contribution in [3.8, 4) is 0 Å². The van der Waals surface area contributed by atoms with Crippen LogP contribution in [0.5, 0.6) is 0 Å². The van der Waals surface area contributed by atoms with E-state index in [1.54, 1.807) is 0 Å². The van der Waals surface area contributed by atoms with Crippen LogP contribution in [0.15, 0.2) is 35.4 Å². The SMILES string of the molecule is CC(C)(C)C(NC(=O)C1=NNC(=O)CC1)c1ccccc1. The molecule has 0 fully saturated rings. The molecule has 2 amide bonds. The molecular formula is C16H21N3O2. The molecule has 0 bridgehead atoms. The summed E-state index contributed by atoms with van der Waals surface area (Å²) in [6.07, 6.45) is 0.682. The first-order chi connectivity index (χ1) is 9.88. The van der Waals surface area contributed by atoms with Crippen LogP contribution >= 0.6 is 0 Å². The topological polar surface area (TPSA) is 70.6 Å². The van der Waals surface area contributed by atoms with Crippen LogP contribution in [0.3, 0.4) is 0 Å². The summed E-state index contributed by atoms with van der Waals surface area (Å²) in [6, 6.07) is 9.75. The van der Waals surface area contributed by atoms with E-state index in [-0.39, 0.29) is 23.3 Å². The number of hydrogen-bond acceptors (Lipinski definition) is 3. The molecular weight excluding hydrogens is 266 g/mol. The molecule has 1 atom stereocenters. The molecule has 0 aromatic heterocycles. The van der Waals surface area contributed by atoms with E-state index >= 15 is 0 Å². The van der Waals surface area contributed by atoms with Crippen molar-refractivity contribution in [3.05, 3.63) is 35.9 Å². The molecule has 5 heteroatoms. The van der Waals surface area contributed by atoms with Gasteiger partial charge in [-0.2, -0.15) is 5.10 Å². The number of carbonyl (C=O) groups excluding carboxylic acids is 2. The minimum absolute atomic E-state index is 0.119. The lowest BCUT2D eigenvalue weighted by atomic mass is 9.82. The van der Waals surface area contributed by atoms with Gasteiger partial charge in [-0.3, -0.25) is 9.59 Å². The van der Waals surface area contributed by atoms with E-state index < -0.39 is 0 Å². The van der Waals surface area contributed by atoms with Crippen molar-refractivity contribution in [1.29, 1.82) is 0 Å². The standard InChI is InChI=1S/C16H21N3O2/c1-16(2,3)14(11-7-5-4-6-8-11)17-15(21)12-9-10-13(20)19-18-12/h4-8,14H,9-10H2,1-3H3,(H,17,21)(H,19,20). The first kappa shape index (κ1) is 15.2. The van der Waals surface area contributed by atoms with Crippen LogP contribution in [0.1, 0.15) is 45.2 Å². The fraction of sp³-hybridized carbons (Fsp3) is 0.438. The minimum atomic E-state index is -0.223. The Kier molecular flexibility index (Phi) is 4.40. The van der Waals surface area contributed by atoms with Gasteiger partial charge in [0.25, 0.3) is 5.91 Å². The second-order valence-corrected chi connectivity index (χ2v) is 6.28. The number of benzene rings is 1. The van der Waals surface area contributed by atoms with Gasteiger partial charge in [-0.1, -0.05) is 51.1 Å². The largest absolute Gasteiger partial charge is 0.344 e. The monoisotopic (exact) mass is 287 g/mol. The highest BCUT2D eigenvalue weighted by molar-refractivity contribution is 6.39. The number of amides is 2.